The number of hydrogen-bond donors (Lipinski definition) is 1. The van der Waals surface area contributed by atoms with Crippen LogP contribution >= 0.6 is 12.4 Å². The molecule has 1 saturated carbocycles. The summed E-state index contributed by atoms with van der Waals surface area (Å²) in [7, 11) is 0. The second-order valence-electron chi connectivity index (χ2n) is 9.26. The Balaban J connectivity index is 0.00000363. The van der Waals surface area contributed by atoms with E-state index in [-0.39, 0.29) is 36.8 Å². The van der Waals surface area contributed by atoms with E-state index in [1.54, 1.807) is 0 Å². The lowest BCUT2D eigenvalue weighted by Gasteiger charge is -2.32. The van der Waals surface area contributed by atoms with E-state index in [2.05, 4.69) is 56.9 Å². The van der Waals surface area contributed by atoms with Gasteiger partial charge in [0, 0.05) is 23.6 Å². The maximum Gasteiger partial charge on any atom is 0.314 e. The van der Waals surface area contributed by atoms with Gasteiger partial charge in [-0.2, -0.15) is 0 Å². The summed E-state index contributed by atoms with van der Waals surface area (Å²) < 4.78 is 5.92. The number of esters is 1. The quantitative estimate of drug-likeness (QED) is 0.352. The van der Waals surface area contributed by atoms with Gasteiger partial charge >= 0.3 is 5.97 Å². The molecule has 5 heteroatoms. The monoisotopic (exact) mass is 459 g/mol. The summed E-state index contributed by atoms with van der Waals surface area (Å²) >= 11 is 0. The Hall–Kier alpha value is -1.88. The van der Waals surface area contributed by atoms with Crippen LogP contribution in [0.3, 0.4) is 0 Å². The zero-order chi connectivity index (χ0) is 22.4. The minimum Gasteiger partial charge on any atom is -0.426 e. The molecule has 1 aliphatic rings. The lowest BCUT2D eigenvalue weighted by molar-refractivity contribution is -0.141. The number of rotatable bonds is 10. The van der Waals surface area contributed by atoms with Gasteiger partial charge in [-0.3, -0.25) is 9.69 Å². The van der Waals surface area contributed by atoms with Crippen molar-refractivity contribution in [3.05, 3.63) is 65.2 Å². The van der Waals surface area contributed by atoms with E-state index in [1.807, 2.05) is 24.3 Å². The van der Waals surface area contributed by atoms with Gasteiger partial charge in [-0.05, 0) is 76.8 Å². The highest BCUT2D eigenvalue weighted by atomic mass is 35.5. The molecule has 0 bridgehead atoms. The maximum absolute atomic E-state index is 12.6. The van der Waals surface area contributed by atoms with Crippen molar-refractivity contribution in [2.24, 2.45) is 5.92 Å². The SMILES string of the molecule is CC(C)N(CCC(c1ccccc1)c1cc(CO)ccc1OC(=O)C1CCC1)C(C)C.Cl. The van der Waals surface area contributed by atoms with Crippen molar-refractivity contribution < 1.29 is 14.6 Å². The first-order valence-electron chi connectivity index (χ1n) is 11.7. The van der Waals surface area contributed by atoms with E-state index < -0.39 is 0 Å². The highest BCUT2D eigenvalue weighted by Crippen LogP contribution is 2.37. The summed E-state index contributed by atoms with van der Waals surface area (Å²) in [6, 6.07) is 17.0. The summed E-state index contributed by atoms with van der Waals surface area (Å²) in [5.41, 5.74) is 3.02. The van der Waals surface area contributed by atoms with E-state index in [0.717, 1.165) is 43.4 Å². The molecule has 32 heavy (non-hydrogen) atoms. The first-order valence-corrected chi connectivity index (χ1v) is 11.7. The Morgan fingerprint density at radius 1 is 1.06 bits per heavy atom. The van der Waals surface area contributed by atoms with E-state index in [9.17, 15) is 9.90 Å². The zero-order valence-electron chi connectivity index (χ0n) is 19.8. The number of ether oxygens (including phenoxy) is 1. The van der Waals surface area contributed by atoms with Gasteiger partial charge in [0.2, 0.25) is 0 Å². The van der Waals surface area contributed by atoms with Crippen LogP contribution in [0.2, 0.25) is 0 Å². The first-order chi connectivity index (χ1) is 14.9. The molecule has 4 nitrogen and oxygen atoms in total. The highest BCUT2D eigenvalue weighted by Gasteiger charge is 2.29. The summed E-state index contributed by atoms with van der Waals surface area (Å²) in [6.45, 7) is 9.83. The number of carbonyl (C=O) groups excluding carboxylic acids is 1. The van der Waals surface area contributed by atoms with Gasteiger partial charge in [0.15, 0.2) is 0 Å². The van der Waals surface area contributed by atoms with E-state index in [0.29, 0.717) is 17.8 Å². The maximum atomic E-state index is 12.6. The topological polar surface area (TPSA) is 49.8 Å². The van der Waals surface area contributed by atoms with Crippen molar-refractivity contribution in [1.82, 2.24) is 4.90 Å². The van der Waals surface area contributed by atoms with Crippen LogP contribution in [-0.4, -0.2) is 34.6 Å². The summed E-state index contributed by atoms with van der Waals surface area (Å²) in [5, 5.41) is 9.77. The van der Waals surface area contributed by atoms with Crippen LogP contribution in [0.5, 0.6) is 5.75 Å². The minimum absolute atomic E-state index is 0. The van der Waals surface area contributed by atoms with Gasteiger partial charge in [0.05, 0.1) is 12.5 Å². The number of hydrogen-bond acceptors (Lipinski definition) is 4. The molecule has 0 heterocycles. The van der Waals surface area contributed by atoms with Gasteiger partial charge in [-0.1, -0.05) is 42.8 Å². The second kappa shape index (κ2) is 12.4. The van der Waals surface area contributed by atoms with Crippen molar-refractivity contribution in [2.45, 2.75) is 78.0 Å². The smallest absolute Gasteiger partial charge is 0.314 e. The molecule has 0 amide bonds. The Morgan fingerprint density at radius 2 is 1.72 bits per heavy atom. The van der Waals surface area contributed by atoms with Crippen LogP contribution in [-0.2, 0) is 11.4 Å². The fraction of sp³-hybridized carbons (Fsp3) is 0.519. The van der Waals surface area contributed by atoms with Crippen molar-refractivity contribution in [3.63, 3.8) is 0 Å². The molecule has 1 N–H and O–H groups in total. The highest BCUT2D eigenvalue weighted by molar-refractivity contribution is 5.85. The average Bonchev–Trinajstić information content (AvgIpc) is 2.70. The number of aliphatic hydroxyl groups excluding tert-OH is 1. The predicted molar refractivity (Wildman–Crippen MR) is 132 cm³/mol. The third kappa shape index (κ3) is 6.57. The molecule has 0 aliphatic heterocycles. The number of carbonyl (C=O) groups is 1. The van der Waals surface area contributed by atoms with Crippen molar-refractivity contribution in [1.29, 1.82) is 0 Å². The van der Waals surface area contributed by atoms with Gasteiger partial charge < -0.3 is 9.84 Å². The third-order valence-corrected chi connectivity index (χ3v) is 6.49. The molecule has 0 spiro atoms. The molecule has 2 aromatic rings. The van der Waals surface area contributed by atoms with Crippen LogP contribution in [0, 0.1) is 5.92 Å². The summed E-state index contributed by atoms with van der Waals surface area (Å²) in [6.07, 6.45) is 3.84. The van der Waals surface area contributed by atoms with Gasteiger partial charge in [-0.15, -0.1) is 12.4 Å². The molecule has 1 aliphatic carbocycles. The normalized spacial score (nSPS) is 14.9. The second-order valence-corrected chi connectivity index (χ2v) is 9.26. The van der Waals surface area contributed by atoms with Crippen molar-refractivity contribution >= 4 is 18.4 Å². The van der Waals surface area contributed by atoms with Gasteiger partial charge in [-0.25, -0.2) is 0 Å². The Kier molecular flexibility index (Phi) is 10.2. The fourth-order valence-electron chi connectivity index (χ4n) is 4.48. The van der Waals surface area contributed by atoms with Crippen LogP contribution in [0.1, 0.15) is 76.0 Å². The molecule has 3 rings (SSSR count). The molecule has 0 saturated heterocycles. The largest absolute Gasteiger partial charge is 0.426 e. The van der Waals surface area contributed by atoms with Crippen molar-refractivity contribution in [3.8, 4) is 5.75 Å². The van der Waals surface area contributed by atoms with E-state index in [4.69, 9.17) is 4.74 Å². The number of aliphatic hydroxyl groups is 1. The molecule has 1 unspecified atom stereocenters. The molecule has 0 radical (unpaired) electrons. The third-order valence-electron chi connectivity index (χ3n) is 6.49. The van der Waals surface area contributed by atoms with E-state index >= 15 is 0 Å². The van der Waals surface area contributed by atoms with Crippen LogP contribution in [0.4, 0.5) is 0 Å². The molecule has 1 fully saturated rings. The Bertz CT molecular complexity index is 841. The standard InChI is InChI=1S/C27H37NO3.ClH/c1-19(2)28(20(3)4)16-15-24(22-9-6-5-7-10-22)25-17-21(18-29)13-14-26(25)31-27(30)23-11-8-12-23;/h5-7,9-10,13-14,17,19-20,23-24,29H,8,11-12,15-16,18H2,1-4H3;1H. The summed E-state index contributed by atoms with van der Waals surface area (Å²) in [4.78, 5) is 15.1. The first kappa shape index (κ1) is 26.4. The van der Waals surface area contributed by atoms with Crippen LogP contribution < -0.4 is 4.74 Å². The lowest BCUT2D eigenvalue weighted by Crippen LogP contribution is -2.38. The van der Waals surface area contributed by atoms with Crippen molar-refractivity contribution in [2.75, 3.05) is 6.54 Å². The Labute approximate surface area is 199 Å². The number of nitrogens with zero attached hydrogens (tertiary/aromatic N) is 1. The molecular weight excluding hydrogens is 422 g/mol. The zero-order valence-corrected chi connectivity index (χ0v) is 20.6. The van der Waals surface area contributed by atoms with E-state index in [1.165, 1.54) is 5.56 Å². The molecule has 0 aromatic heterocycles. The van der Waals surface area contributed by atoms with Gasteiger partial charge in [0.25, 0.3) is 0 Å². The minimum atomic E-state index is -0.123. The fourth-order valence-corrected chi connectivity index (χ4v) is 4.48. The number of halogens is 1. The molecule has 2 aromatic carbocycles. The molecular formula is C27H38ClNO3. The predicted octanol–water partition coefficient (Wildman–Crippen LogP) is 5.95. The number of benzene rings is 2. The van der Waals surface area contributed by atoms with Crippen LogP contribution in [0.15, 0.2) is 48.5 Å². The summed E-state index contributed by atoms with van der Waals surface area (Å²) in [5.74, 6) is 0.612. The average molecular weight is 460 g/mol. The van der Waals surface area contributed by atoms with Crippen LogP contribution in [0.25, 0.3) is 0 Å². The molecule has 176 valence electrons. The van der Waals surface area contributed by atoms with Gasteiger partial charge in [0.1, 0.15) is 5.75 Å². The Morgan fingerprint density at radius 3 is 2.25 bits per heavy atom. The molecule has 1 atom stereocenters. The lowest BCUT2D eigenvalue weighted by atomic mass is 9.85.